The summed E-state index contributed by atoms with van der Waals surface area (Å²) in [6.07, 6.45) is -0.404. The highest BCUT2D eigenvalue weighted by Gasteiger charge is 2.44. The number of alkyl halides is 4. The first-order chi connectivity index (χ1) is 17.9. The Bertz CT molecular complexity index is 1060. The van der Waals surface area contributed by atoms with Crippen LogP contribution in [0.1, 0.15) is 71.2 Å². The molecule has 2 rings (SSSR count). The van der Waals surface area contributed by atoms with E-state index in [1.54, 1.807) is 25.1 Å². The Morgan fingerprint density at radius 3 is 2.29 bits per heavy atom. The number of nitrogens with one attached hydrogen (secondary N) is 1. The highest BCUT2D eigenvalue weighted by Crippen LogP contribution is 2.39. The number of halogens is 5. The molecule has 1 aromatic heterocycles. The second kappa shape index (κ2) is 16.8. The largest absolute Gasteiger partial charge is 0.461 e. The maximum Gasteiger partial charge on any atom is 0.461 e. The van der Waals surface area contributed by atoms with Crippen molar-refractivity contribution in [3.8, 4) is 5.75 Å². The number of hydrogen-bond donors (Lipinski definition) is 2. The molecule has 4 nitrogen and oxygen atoms in total. The molecule has 9 heteroatoms. The monoisotopic (exact) mass is 557 g/mol. The molecule has 1 aromatic carbocycles. The molecule has 3 N–H and O–H groups in total. The van der Waals surface area contributed by atoms with Crippen LogP contribution in [0.3, 0.4) is 0 Å². The Labute approximate surface area is 229 Å². The summed E-state index contributed by atoms with van der Waals surface area (Å²) in [6.45, 7) is 17.2. The Kier molecular flexibility index (Phi) is 15.4. The Hall–Kier alpha value is -3.00. The van der Waals surface area contributed by atoms with E-state index in [0.29, 0.717) is 21.8 Å². The second-order valence-corrected chi connectivity index (χ2v) is 8.22. The van der Waals surface area contributed by atoms with Gasteiger partial charge < -0.3 is 15.8 Å². The number of hydrogen-bond acceptors (Lipinski definition) is 4. The maximum atomic E-state index is 13.7. The summed E-state index contributed by atoms with van der Waals surface area (Å²) < 4.78 is 57.4. The molecule has 0 saturated carbocycles. The fourth-order valence-corrected chi connectivity index (χ4v) is 3.77. The first-order valence-electron chi connectivity index (χ1n) is 12.6. The molecule has 0 radical (unpaired) electrons. The zero-order valence-corrected chi connectivity index (χ0v) is 24.0. The third kappa shape index (κ3) is 10.0. The van der Waals surface area contributed by atoms with Gasteiger partial charge in [-0.1, -0.05) is 77.1 Å². The lowest BCUT2D eigenvalue weighted by Crippen LogP contribution is -2.45. The van der Waals surface area contributed by atoms with Crippen LogP contribution >= 0.6 is 11.6 Å². The number of ether oxygens (including phenoxy) is 1. The lowest BCUT2D eigenvalue weighted by molar-refractivity contribution is -0.253. The summed E-state index contributed by atoms with van der Waals surface area (Å²) in [5.74, 6) is -0.329. The van der Waals surface area contributed by atoms with Gasteiger partial charge in [0.25, 0.3) is 0 Å². The van der Waals surface area contributed by atoms with Gasteiger partial charge in [0.1, 0.15) is 11.3 Å². The Morgan fingerprint density at radius 2 is 1.82 bits per heavy atom. The predicted molar refractivity (Wildman–Crippen MR) is 150 cm³/mol. The first-order valence-corrected chi connectivity index (χ1v) is 12.9. The summed E-state index contributed by atoms with van der Waals surface area (Å²) in [7, 11) is 0. The van der Waals surface area contributed by atoms with Gasteiger partial charge in [-0.05, 0) is 61.2 Å². The van der Waals surface area contributed by atoms with Crippen molar-refractivity contribution >= 4 is 11.6 Å². The van der Waals surface area contributed by atoms with E-state index in [1.165, 1.54) is 18.3 Å². The minimum atomic E-state index is -4.66. The maximum absolute atomic E-state index is 13.7. The van der Waals surface area contributed by atoms with Gasteiger partial charge in [0, 0.05) is 12.6 Å². The fourth-order valence-electron chi connectivity index (χ4n) is 3.66. The van der Waals surface area contributed by atoms with E-state index in [-0.39, 0.29) is 12.2 Å². The molecule has 1 atom stereocenters. The molecule has 0 fully saturated rings. The zero-order chi connectivity index (χ0) is 29.5. The zero-order valence-electron chi connectivity index (χ0n) is 23.2. The normalized spacial score (nSPS) is 13.1. The molecule has 0 spiro atoms. The van der Waals surface area contributed by atoms with Crippen molar-refractivity contribution in [2.75, 3.05) is 0 Å². The molecular weight excluding hydrogens is 518 g/mol. The quantitative estimate of drug-likeness (QED) is 0.214. The molecular formula is C29H40ClF4N3O. The molecule has 2 aromatic rings. The van der Waals surface area contributed by atoms with Crippen LogP contribution in [0, 0.1) is 6.92 Å². The molecule has 212 valence electrons. The van der Waals surface area contributed by atoms with Crippen LogP contribution in [0.15, 0.2) is 72.7 Å². The molecule has 38 heavy (non-hydrogen) atoms. The smallest absolute Gasteiger partial charge is 0.428 e. The van der Waals surface area contributed by atoms with E-state index in [0.717, 1.165) is 12.0 Å². The summed E-state index contributed by atoms with van der Waals surface area (Å²) in [4.78, 5) is 4.46. The van der Waals surface area contributed by atoms with Crippen molar-refractivity contribution in [3.63, 3.8) is 0 Å². The average Bonchev–Trinajstić information content (AvgIpc) is 2.86. The van der Waals surface area contributed by atoms with E-state index >= 15 is 0 Å². The molecule has 0 aliphatic heterocycles. The summed E-state index contributed by atoms with van der Waals surface area (Å²) >= 11 is 6.05. The van der Waals surface area contributed by atoms with E-state index in [4.69, 9.17) is 17.3 Å². The van der Waals surface area contributed by atoms with Crippen LogP contribution < -0.4 is 15.8 Å². The van der Waals surface area contributed by atoms with E-state index in [2.05, 4.69) is 21.6 Å². The average molecular weight is 558 g/mol. The van der Waals surface area contributed by atoms with Crippen LogP contribution in [0.2, 0.25) is 5.02 Å². The lowest BCUT2D eigenvalue weighted by Gasteiger charge is -2.37. The first kappa shape index (κ1) is 35.0. The minimum absolute atomic E-state index is 0.0926. The van der Waals surface area contributed by atoms with Crippen molar-refractivity contribution in [1.82, 2.24) is 10.3 Å². The number of allylic oxidation sites excluding steroid dienone is 3. The van der Waals surface area contributed by atoms with Gasteiger partial charge in [0.05, 0.1) is 16.5 Å². The third-order valence-corrected chi connectivity index (χ3v) is 5.13. The number of nitrogens with zero attached hydrogens (tertiary/aromatic N) is 1. The molecule has 0 saturated heterocycles. The Morgan fingerprint density at radius 1 is 1.18 bits per heavy atom. The SMILES string of the molecule is C=C(N)N[C@@](CC(/C=C\C)=C/CC)(c1cc(C)cc(OC(F)(F)C(F)F)c1)c1ccc(Cl)cn1.CC.CC. The van der Waals surface area contributed by atoms with Crippen LogP contribution in [0.25, 0.3) is 0 Å². The topological polar surface area (TPSA) is 60.2 Å². The second-order valence-electron chi connectivity index (χ2n) is 7.78. The van der Waals surface area contributed by atoms with Gasteiger partial charge in [0.15, 0.2) is 0 Å². The highest BCUT2D eigenvalue weighted by molar-refractivity contribution is 6.30. The number of aromatic nitrogens is 1. The van der Waals surface area contributed by atoms with Crippen molar-refractivity contribution in [2.24, 2.45) is 5.73 Å². The molecule has 0 amide bonds. The van der Waals surface area contributed by atoms with Crippen molar-refractivity contribution in [1.29, 1.82) is 0 Å². The van der Waals surface area contributed by atoms with Crippen molar-refractivity contribution in [3.05, 3.63) is 94.6 Å². The van der Waals surface area contributed by atoms with Gasteiger partial charge in [-0.2, -0.15) is 17.6 Å². The number of rotatable bonds is 11. The Balaban J connectivity index is 0.00000326. The fraction of sp³-hybridized carbons (Fsp3) is 0.414. The number of pyridine rings is 1. The lowest BCUT2D eigenvalue weighted by atomic mass is 9.79. The van der Waals surface area contributed by atoms with Crippen LogP contribution in [0.4, 0.5) is 17.6 Å². The number of aryl methyl sites for hydroxylation is 1. The number of nitrogens with two attached hydrogens (primary N) is 1. The van der Waals surface area contributed by atoms with Gasteiger partial charge in [-0.25, -0.2) is 0 Å². The molecule has 0 aliphatic carbocycles. The van der Waals surface area contributed by atoms with Gasteiger partial charge in [0.2, 0.25) is 0 Å². The molecule has 0 bridgehead atoms. The summed E-state index contributed by atoms with van der Waals surface area (Å²) in [5.41, 5.74) is 7.06. The van der Waals surface area contributed by atoms with Crippen LogP contribution in [-0.4, -0.2) is 17.5 Å². The van der Waals surface area contributed by atoms with Gasteiger partial charge in [-0.15, -0.1) is 0 Å². The van der Waals surface area contributed by atoms with Gasteiger partial charge in [-0.3, -0.25) is 4.98 Å². The third-order valence-electron chi connectivity index (χ3n) is 4.91. The van der Waals surface area contributed by atoms with Crippen molar-refractivity contribution < 1.29 is 22.3 Å². The molecule has 1 heterocycles. The number of benzene rings is 1. The van der Waals surface area contributed by atoms with Crippen LogP contribution in [0.5, 0.6) is 5.75 Å². The van der Waals surface area contributed by atoms with E-state index < -0.39 is 23.8 Å². The van der Waals surface area contributed by atoms with Crippen molar-refractivity contribution in [2.45, 2.75) is 79.4 Å². The summed E-state index contributed by atoms with van der Waals surface area (Å²) in [6, 6.07) is 7.56. The molecule has 0 aliphatic rings. The molecule has 0 unspecified atom stereocenters. The minimum Gasteiger partial charge on any atom is -0.428 e. The van der Waals surface area contributed by atoms with E-state index in [9.17, 15) is 17.6 Å². The van der Waals surface area contributed by atoms with Crippen LogP contribution in [-0.2, 0) is 5.54 Å². The predicted octanol–water partition coefficient (Wildman–Crippen LogP) is 8.90. The summed E-state index contributed by atoms with van der Waals surface area (Å²) in [5, 5.41) is 3.54. The van der Waals surface area contributed by atoms with E-state index in [1.807, 2.05) is 59.8 Å². The standard InChI is InChI=1S/C25H28ClF4N3O.2C2H6/c1-5-7-18(8-6-2)14-24(33-17(4)31,22-10-9-20(26)15-32-22)19-11-16(3)12-21(13-19)34-25(29,30)23(27)28;2*1-2/h5,7-13,15,23,33H,4,6,14,31H2,1-3H3;2*1-2H3/b7-5-,18-8+;;/t24-;;/m0../s1. The van der Waals surface area contributed by atoms with Gasteiger partial charge >= 0.3 is 12.5 Å². The highest BCUT2D eigenvalue weighted by atomic mass is 35.5.